The van der Waals surface area contributed by atoms with E-state index in [1.807, 2.05) is 0 Å². The first-order chi connectivity index (χ1) is 10.7. The van der Waals surface area contributed by atoms with Gasteiger partial charge >= 0.3 is 0 Å². The molecule has 0 aliphatic heterocycles. The van der Waals surface area contributed by atoms with E-state index < -0.39 is 26.6 Å². The van der Waals surface area contributed by atoms with Gasteiger partial charge in [-0.1, -0.05) is 23.2 Å². The third-order valence-electron chi connectivity index (χ3n) is 2.78. The Kier molecular flexibility index (Phi) is 5.00. The lowest BCUT2D eigenvalue weighted by atomic mass is 10.2. The molecule has 0 unspecified atom stereocenters. The Morgan fingerprint density at radius 1 is 1.09 bits per heavy atom. The third-order valence-corrected chi connectivity index (χ3v) is 4.68. The van der Waals surface area contributed by atoms with Crippen molar-refractivity contribution in [3.05, 3.63) is 52.0 Å². The first-order valence-corrected chi connectivity index (χ1v) is 8.24. The van der Waals surface area contributed by atoms with E-state index in [0.717, 1.165) is 6.07 Å². The molecular weight excluding hydrogens is 367 g/mol. The maximum atomic E-state index is 12.3. The SMILES string of the molecule is O=C(NO)c1ccc(NS(=O)(=O)c2cc(Cl)cc(Cl)c2O)cc1. The van der Waals surface area contributed by atoms with E-state index in [4.69, 9.17) is 28.4 Å². The highest BCUT2D eigenvalue weighted by molar-refractivity contribution is 7.92. The largest absolute Gasteiger partial charge is 0.505 e. The molecule has 0 aromatic heterocycles. The quantitative estimate of drug-likeness (QED) is 0.483. The summed E-state index contributed by atoms with van der Waals surface area (Å²) in [6, 6.07) is 7.48. The predicted molar refractivity (Wildman–Crippen MR) is 84.6 cm³/mol. The number of sulfonamides is 1. The molecule has 1 amide bonds. The number of anilines is 1. The minimum absolute atomic E-state index is 0.0446. The lowest BCUT2D eigenvalue weighted by molar-refractivity contribution is 0.0706. The van der Waals surface area contributed by atoms with E-state index in [-0.39, 0.29) is 21.3 Å². The summed E-state index contributed by atoms with van der Waals surface area (Å²) >= 11 is 11.5. The minimum atomic E-state index is -4.15. The molecule has 0 aliphatic carbocycles. The Labute approximate surface area is 141 Å². The second-order valence-corrected chi connectivity index (χ2v) is 6.85. The van der Waals surface area contributed by atoms with Crippen LogP contribution in [0.3, 0.4) is 0 Å². The zero-order valence-corrected chi connectivity index (χ0v) is 13.6. The van der Waals surface area contributed by atoms with Gasteiger partial charge in [-0.2, -0.15) is 0 Å². The van der Waals surface area contributed by atoms with Crippen LogP contribution in [0, 0.1) is 0 Å². The molecule has 4 N–H and O–H groups in total. The number of rotatable bonds is 4. The molecular formula is C13H10Cl2N2O5S. The summed E-state index contributed by atoms with van der Waals surface area (Å²) in [7, 11) is -4.15. The van der Waals surface area contributed by atoms with Crippen molar-refractivity contribution in [3.8, 4) is 5.75 Å². The van der Waals surface area contributed by atoms with Crippen LogP contribution in [0.1, 0.15) is 10.4 Å². The van der Waals surface area contributed by atoms with Crippen LogP contribution in [0.25, 0.3) is 0 Å². The molecule has 0 fully saturated rings. The smallest absolute Gasteiger partial charge is 0.274 e. The molecule has 0 aliphatic rings. The Balaban J connectivity index is 2.34. The molecule has 2 rings (SSSR count). The number of hydroxylamine groups is 1. The number of hydrogen-bond acceptors (Lipinski definition) is 5. The Hall–Kier alpha value is -2.00. The van der Waals surface area contributed by atoms with Gasteiger partial charge in [0.1, 0.15) is 4.90 Å². The first kappa shape index (κ1) is 17.4. The van der Waals surface area contributed by atoms with Gasteiger partial charge in [-0.25, -0.2) is 13.9 Å². The van der Waals surface area contributed by atoms with Crippen molar-refractivity contribution in [2.24, 2.45) is 0 Å². The zero-order valence-electron chi connectivity index (χ0n) is 11.2. The van der Waals surface area contributed by atoms with Crippen LogP contribution < -0.4 is 10.2 Å². The number of phenolic OH excluding ortho intramolecular Hbond substituents is 1. The molecule has 122 valence electrons. The summed E-state index contributed by atoms with van der Waals surface area (Å²) in [6.45, 7) is 0. The van der Waals surface area contributed by atoms with Crippen molar-refractivity contribution in [2.75, 3.05) is 4.72 Å². The lowest BCUT2D eigenvalue weighted by Gasteiger charge is -2.11. The number of hydrogen-bond donors (Lipinski definition) is 4. The van der Waals surface area contributed by atoms with E-state index >= 15 is 0 Å². The number of benzene rings is 2. The summed E-state index contributed by atoms with van der Waals surface area (Å²) in [6.07, 6.45) is 0. The van der Waals surface area contributed by atoms with E-state index in [1.54, 1.807) is 0 Å². The van der Waals surface area contributed by atoms with Crippen LogP contribution in [-0.2, 0) is 10.0 Å². The van der Waals surface area contributed by atoms with Crippen LogP contribution in [0.2, 0.25) is 10.0 Å². The average Bonchev–Trinajstić information content (AvgIpc) is 2.50. The van der Waals surface area contributed by atoms with Gasteiger partial charge in [0.2, 0.25) is 0 Å². The molecule has 0 saturated heterocycles. The van der Waals surface area contributed by atoms with Gasteiger partial charge in [0, 0.05) is 16.3 Å². The molecule has 0 spiro atoms. The van der Waals surface area contributed by atoms with Gasteiger partial charge < -0.3 is 5.11 Å². The standard InChI is InChI=1S/C13H10Cl2N2O5S/c14-8-5-10(15)12(18)11(6-8)23(21,22)17-9-3-1-7(2-4-9)13(19)16-20/h1-6,17-18,20H,(H,16,19). The van der Waals surface area contributed by atoms with Crippen molar-refractivity contribution in [1.82, 2.24) is 5.48 Å². The minimum Gasteiger partial charge on any atom is -0.505 e. The number of aromatic hydroxyl groups is 1. The Bertz CT molecular complexity index is 853. The second kappa shape index (κ2) is 6.63. The maximum absolute atomic E-state index is 12.3. The predicted octanol–water partition coefficient (Wildman–Crippen LogP) is 2.62. The summed E-state index contributed by atoms with van der Waals surface area (Å²) in [4.78, 5) is 10.7. The zero-order chi connectivity index (χ0) is 17.2. The van der Waals surface area contributed by atoms with Crippen LogP contribution in [0.15, 0.2) is 41.3 Å². The summed E-state index contributed by atoms with van der Waals surface area (Å²) < 4.78 is 26.8. The van der Waals surface area contributed by atoms with Gasteiger partial charge in [-0.3, -0.25) is 14.7 Å². The second-order valence-electron chi connectivity index (χ2n) is 4.36. The Morgan fingerprint density at radius 2 is 1.70 bits per heavy atom. The molecule has 7 nitrogen and oxygen atoms in total. The normalized spacial score (nSPS) is 11.1. The van der Waals surface area contributed by atoms with Crippen LogP contribution in [0.5, 0.6) is 5.75 Å². The van der Waals surface area contributed by atoms with Crippen LogP contribution >= 0.6 is 23.2 Å². The van der Waals surface area contributed by atoms with Crippen LogP contribution in [0.4, 0.5) is 5.69 Å². The summed E-state index contributed by atoms with van der Waals surface area (Å²) in [5, 5.41) is 18.1. The highest BCUT2D eigenvalue weighted by Crippen LogP contribution is 2.34. The van der Waals surface area contributed by atoms with E-state index in [1.165, 1.54) is 35.8 Å². The van der Waals surface area contributed by atoms with Gasteiger partial charge in [0.25, 0.3) is 15.9 Å². The van der Waals surface area contributed by atoms with E-state index in [0.29, 0.717) is 0 Å². The molecule has 2 aromatic carbocycles. The third kappa shape index (κ3) is 3.85. The number of carbonyl (C=O) groups is 1. The topological polar surface area (TPSA) is 116 Å². The highest BCUT2D eigenvalue weighted by Gasteiger charge is 2.22. The molecule has 23 heavy (non-hydrogen) atoms. The lowest BCUT2D eigenvalue weighted by Crippen LogP contribution is -2.18. The van der Waals surface area contributed by atoms with Gasteiger partial charge in [-0.15, -0.1) is 0 Å². The maximum Gasteiger partial charge on any atom is 0.274 e. The van der Waals surface area contributed by atoms with Crippen LogP contribution in [-0.4, -0.2) is 24.6 Å². The number of amides is 1. The summed E-state index contributed by atoms with van der Waals surface area (Å²) in [5.74, 6) is -1.36. The molecule has 10 heteroatoms. The molecule has 0 atom stereocenters. The number of carbonyl (C=O) groups excluding carboxylic acids is 1. The number of halogens is 2. The number of phenols is 1. The monoisotopic (exact) mass is 376 g/mol. The number of nitrogens with one attached hydrogen (secondary N) is 2. The van der Waals surface area contributed by atoms with Gasteiger partial charge in [-0.05, 0) is 36.4 Å². The van der Waals surface area contributed by atoms with E-state index in [9.17, 15) is 18.3 Å². The van der Waals surface area contributed by atoms with E-state index in [2.05, 4.69) is 4.72 Å². The molecule has 0 bridgehead atoms. The first-order valence-electron chi connectivity index (χ1n) is 6.00. The summed E-state index contributed by atoms with van der Waals surface area (Å²) in [5.41, 5.74) is 1.72. The van der Waals surface area contributed by atoms with Crippen molar-refractivity contribution >= 4 is 44.8 Å². The van der Waals surface area contributed by atoms with Crippen molar-refractivity contribution < 1.29 is 23.5 Å². The molecule has 0 radical (unpaired) electrons. The Morgan fingerprint density at radius 3 is 2.26 bits per heavy atom. The van der Waals surface area contributed by atoms with Crippen molar-refractivity contribution in [1.29, 1.82) is 0 Å². The van der Waals surface area contributed by atoms with Crippen molar-refractivity contribution in [2.45, 2.75) is 4.90 Å². The molecule has 0 saturated carbocycles. The fourth-order valence-electron chi connectivity index (χ4n) is 1.71. The van der Waals surface area contributed by atoms with Gasteiger partial charge in [0.05, 0.1) is 5.02 Å². The van der Waals surface area contributed by atoms with Gasteiger partial charge in [0.15, 0.2) is 5.75 Å². The average molecular weight is 377 g/mol. The highest BCUT2D eigenvalue weighted by atomic mass is 35.5. The molecule has 0 heterocycles. The molecule has 2 aromatic rings. The van der Waals surface area contributed by atoms with Crippen molar-refractivity contribution in [3.63, 3.8) is 0 Å². The fourth-order valence-corrected chi connectivity index (χ4v) is 3.53. The fraction of sp³-hybridized carbons (Fsp3) is 0.